The molecule has 1 aromatic carbocycles. The molecular weight excluding hydrogens is 432 g/mol. The summed E-state index contributed by atoms with van der Waals surface area (Å²) < 4.78 is 22.0. The second-order valence-electron chi connectivity index (χ2n) is 8.76. The molecule has 0 aliphatic carbocycles. The van der Waals surface area contributed by atoms with Gasteiger partial charge in [-0.25, -0.2) is 9.59 Å². The Hall–Kier alpha value is -2.59. The van der Waals surface area contributed by atoms with E-state index >= 15 is 0 Å². The molecule has 1 saturated heterocycles. The summed E-state index contributed by atoms with van der Waals surface area (Å²) in [6.45, 7) is 8.86. The van der Waals surface area contributed by atoms with E-state index in [9.17, 15) is 14.4 Å². The van der Waals surface area contributed by atoms with Gasteiger partial charge in [0.05, 0.1) is 12.6 Å². The molecule has 2 unspecified atom stereocenters. The summed E-state index contributed by atoms with van der Waals surface area (Å²) in [6, 6.07) is 8.00. The fraction of sp³-hybridized carbons (Fsp3) is 0.591. The molecule has 1 N–H and O–H groups in total. The summed E-state index contributed by atoms with van der Waals surface area (Å²) in [6.07, 6.45) is -1.53. The predicted molar refractivity (Wildman–Crippen MR) is 121 cm³/mol. The van der Waals surface area contributed by atoms with Gasteiger partial charge in [0.25, 0.3) is 0 Å². The van der Waals surface area contributed by atoms with E-state index in [0.29, 0.717) is 5.92 Å². The third kappa shape index (κ3) is 7.23. The van der Waals surface area contributed by atoms with Gasteiger partial charge in [-0.2, -0.15) is 0 Å². The van der Waals surface area contributed by atoms with Crippen molar-refractivity contribution in [3.05, 3.63) is 35.9 Å². The van der Waals surface area contributed by atoms with Crippen molar-refractivity contribution in [1.82, 2.24) is 9.88 Å². The topological polar surface area (TPSA) is 103 Å². The summed E-state index contributed by atoms with van der Waals surface area (Å²) in [5.74, 6) is 0.203. The second kappa shape index (κ2) is 11.9. The van der Waals surface area contributed by atoms with Gasteiger partial charge < -0.3 is 28.8 Å². The first-order valence-corrected chi connectivity index (χ1v) is 12.1. The third-order valence-corrected chi connectivity index (χ3v) is 8.59. The van der Waals surface area contributed by atoms with E-state index in [-0.39, 0.29) is 37.4 Å². The number of carbonyl (C=O) groups is 3. The number of nitrogens with one attached hydrogen (secondary N) is 1. The van der Waals surface area contributed by atoms with E-state index in [1.165, 1.54) is 7.11 Å². The van der Waals surface area contributed by atoms with Crippen LogP contribution in [0.2, 0.25) is 5.04 Å². The largest absolute Gasteiger partial charge is 0.508 e. The first-order chi connectivity index (χ1) is 15.2. The molecule has 0 radical (unpaired) electrons. The van der Waals surface area contributed by atoms with Crippen LogP contribution >= 0.6 is 0 Å². The van der Waals surface area contributed by atoms with Crippen LogP contribution in [0.25, 0.3) is 0 Å². The van der Waals surface area contributed by atoms with Crippen molar-refractivity contribution in [3.63, 3.8) is 0 Å². The zero-order chi connectivity index (χ0) is 23.7. The van der Waals surface area contributed by atoms with E-state index in [1.54, 1.807) is 4.57 Å². The van der Waals surface area contributed by atoms with E-state index in [4.69, 9.17) is 18.9 Å². The van der Waals surface area contributed by atoms with Crippen LogP contribution in [0.3, 0.4) is 0 Å². The molecule has 2 atom stereocenters. The monoisotopic (exact) mass is 466 g/mol. The van der Waals surface area contributed by atoms with Crippen molar-refractivity contribution in [2.75, 3.05) is 26.9 Å². The fourth-order valence-corrected chi connectivity index (χ4v) is 5.21. The SMILES string of the molecule is COCCOC(=O)OCC1C(NC(=O)OCc2ccccc2)C(=O)N1[SiH2]C(C)(C)C(C)C. The number of carbonyl (C=O) groups excluding carboxylic acids is 3. The van der Waals surface area contributed by atoms with Crippen molar-refractivity contribution in [2.45, 2.75) is 51.4 Å². The van der Waals surface area contributed by atoms with Crippen molar-refractivity contribution >= 4 is 27.8 Å². The molecular formula is C22H34N2O7Si. The molecule has 9 nitrogen and oxygen atoms in total. The number of β-lactam (4-membered cyclic amide) rings is 1. The smallest absolute Gasteiger partial charge is 0.445 e. The molecule has 1 aliphatic heterocycles. The molecule has 1 fully saturated rings. The van der Waals surface area contributed by atoms with Crippen molar-refractivity contribution in [2.24, 2.45) is 5.92 Å². The maximum atomic E-state index is 12.8. The quantitative estimate of drug-likeness (QED) is 0.231. The Kier molecular flexibility index (Phi) is 9.52. The van der Waals surface area contributed by atoms with Crippen LogP contribution in [-0.4, -0.2) is 71.4 Å². The van der Waals surface area contributed by atoms with E-state index in [1.807, 2.05) is 30.3 Å². The Balaban J connectivity index is 1.97. The molecule has 10 heteroatoms. The molecule has 1 aliphatic rings. The highest BCUT2D eigenvalue weighted by Gasteiger charge is 2.50. The van der Waals surface area contributed by atoms with Gasteiger partial charge in [0, 0.05) is 7.11 Å². The van der Waals surface area contributed by atoms with Gasteiger partial charge in [0.1, 0.15) is 35.5 Å². The number of hydrogen-bond acceptors (Lipinski definition) is 7. The van der Waals surface area contributed by atoms with Crippen molar-refractivity contribution in [1.29, 1.82) is 0 Å². The van der Waals surface area contributed by atoms with E-state index in [2.05, 4.69) is 33.0 Å². The number of benzene rings is 1. The summed E-state index contributed by atoms with van der Waals surface area (Å²) >= 11 is 0. The first kappa shape index (κ1) is 25.7. The van der Waals surface area contributed by atoms with Crippen LogP contribution in [0.15, 0.2) is 30.3 Å². The number of nitrogens with zero attached hydrogens (tertiary/aromatic N) is 1. The van der Waals surface area contributed by atoms with Gasteiger partial charge in [-0.15, -0.1) is 0 Å². The lowest BCUT2D eigenvalue weighted by molar-refractivity contribution is -0.145. The third-order valence-electron chi connectivity index (χ3n) is 5.84. The first-order valence-electron chi connectivity index (χ1n) is 10.7. The minimum Gasteiger partial charge on any atom is -0.445 e. The summed E-state index contributed by atoms with van der Waals surface area (Å²) in [5.41, 5.74) is 0.842. The highest BCUT2D eigenvalue weighted by atomic mass is 28.2. The molecule has 1 aromatic rings. The summed E-state index contributed by atoms with van der Waals surface area (Å²) in [4.78, 5) is 37.0. The van der Waals surface area contributed by atoms with Crippen LogP contribution < -0.4 is 5.32 Å². The molecule has 2 amide bonds. The van der Waals surface area contributed by atoms with Crippen LogP contribution in [0.1, 0.15) is 33.3 Å². The molecule has 1 heterocycles. The maximum absolute atomic E-state index is 12.8. The number of ether oxygens (including phenoxy) is 4. The standard InChI is InChI=1S/C22H34N2O7Si/c1-15(2)22(3,4)32-24-17(14-31-21(27)29-12-11-28-5)18(19(24)25)23-20(26)30-13-16-9-7-6-8-10-16/h6-10,15,17-18H,11-14,32H2,1-5H3,(H,23,26). The Morgan fingerprint density at radius 2 is 1.81 bits per heavy atom. The van der Waals surface area contributed by atoms with Gasteiger partial charge in [0.15, 0.2) is 0 Å². The lowest BCUT2D eigenvalue weighted by Gasteiger charge is -2.50. The molecule has 0 spiro atoms. The van der Waals surface area contributed by atoms with E-state index in [0.717, 1.165) is 5.56 Å². The minimum atomic E-state index is -1.04. The Labute approximate surface area is 191 Å². The van der Waals surface area contributed by atoms with Crippen LogP contribution in [0.5, 0.6) is 0 Å². The number of alkyl carbamates (subject to hydrolysis) is 1. The van der Waals surface area contributed by atoms with Crippen molar-refractivity contribution in [3.8, 4) is 0 Å². The lowest BCUT2D eigenvalue weighted by Crippen LogP contribution is -2.74. The number of amides is 2. The van der Waals surface area contributed by atoms with Crippen LogP contribution in [0.4, 0.5) is 9.59 Å². The minimum absolute atomic E-state index is 0.0222. The normalized spacial score (nSPS) is 18.6. The van der Waals surface area contributed by atoms with Gasteiger partial charge in [0.2, 0.25) is 5.91 Å². The number of methoxy groups -OCH3 is 1. The number of rotatable bonds is 11. The summed E-state index contributed by atoms with van der Waals surface area (Å²) in [5, 5.41) is 2.60. The molecule has 178 valence electrons. The lowest BCUT2D eigenvalue weighted by atomic mass is 9.99. The van der Waals surface area contributed by atoms with Gasteiger partial charge in [-0.05, 0) is 16.5 Å². The highest BCUT2D eigenvalue weighted by molar-refractivity contribution is 6.42. The van der Waals surface area contributed by atoms with Crippen LogP contribution in [-0.2, 0) is 30.3 Å². The van der Waals surface area contributed by atoms with Crippen LogP contribution in [0, 0.1) is 5.92 Å². The predicted octanol–water partition coefficient (Wildman–Crippen LogP) is 2.23. The summed E-state index contributed by atoms with van der Waals surface area (Å²) in [7, 11) is 0.465. The molecule has 2 rings (SSSR count). The van der Waals surface area contributed by atoms with Gasteiger partial charge >= 0.3 is 12.2 Å². The average molecular weight is 467 g/mol. The average Bonchev–Trinajstić information content (AvgIpc) is 2.76. The maximum Gasteiger partial charge on any atom is 0.508 e. The zero-order valence-electron chi connectivity index (χ0n) is 19.5. The zero-order valence-corrected chi connectivity index (χ0v) is 20.9. The Morgan fingerprint density at radius 1 is 1.12 bits per heavy atom. The number of hydrogen-bond donors (Lipinski definition) is 1. The highest BCUT2D eigenvalue weighted by Crippen LogP contribution is 2.36. The molecule has 0 bridgehead atoms. The van der Waals surface area contributed by atoms with Gasteiger partial charge in [-0.1, -0.05) is 58.0 Å². The molecule has 0 saturated carbocycles. The molecule has 32 heavy (non-hydrogen) atoms. The Morgan fingerprint density at radius 3 is 2.44 bits per heavy atom. The second-order valence-corrected chi connectivity index (χ2v) is 11.6. The van der Waals surface area contributed by atoms with Crippen molar-refractivity contribution < 1.29 is 33.3 Å². The fourth-order valence-electron chi connectivity index (χ4n) is 3.06. The van der Waals surface area contributed by atoms with Gasteiger partial charge in [-0.3, -0.25) is 4.79 Å². The Bertz CT molecular complexity index is 773. The molecule has 0 aromatic heterocycles. The van der Waals surface area contributed by atoms with E-state index < -0.39 is 34.0 Å².